The van der Waals surface area contributed by atoms with Crippen LogP contribution >= 0.6 is 11.3 Å². The summed E-state index contributed by atoms with van der Waals surface area (Å²) >= 11 is 1.82. The molecule has 1 atom stereocenters. The van der Waals surface area contributed by atoms with Gasteiger partial charge in [0.2, 0.25) is 0 Å². The van der Waals surface area contributed by atoms with Gasteiger partial charge in [-0.3, -0.25) is 0 Å². The Bertz CT molecular complexity index is 752. The fraction of sp³-hybridized carbons (Fsp3) is 0.375. The monoisotopic (exact) mass is 315 g/mol. The zero-order chi connectivity index (χ0) is 15.7. The molecule has 3 aromatic heterocycles. The fourth-order valence-electron chi connectivity index (χ4n) is 2.64. The summed E-state index contributed by atoms with van der Waals surface area (Å²) in [7, 11) is 6.25. The van der Waals surface area contributed by atoms with E-state index in [0.717, 1.165) is 18.2 Å². The van der Waals surface area contributed by atoms with Crippen molar-refractivity contribution in [3.63, 3.8) is 0 Å². The number of likely N-dealkylation sites (N-methyl/N-ethyl adjacent to an activating group) is 1. The van der Waals surface area contributed by atoms with Gasteiger partial charge in [-0.15, -0.1) is 11.3 Å². The van der Waals surface area contributed by atoms with Crippen molar-refractivity contribution in [2.24, 2.45) is 7.05 Å². The van der Waals surface area contributed by atoms with Gasteiger partial charge in [0.15, 0.2) is 11.6 Å². The summed E-state index contributed by atoms with van der Waals surface area (Å²) in [5, 5.41) is 2.16. The summed E-state index contributed by atoms with van der Waals surface area (Å²) in [5.41, 5.74) is 1.35. The van der Waals surface area contributed by atoms with Crippen LogP contribution in [0, 0.1) is 6.92 Å². The van der Waals surface area contributed by atoms with Gasteiger partial charge in [0, 0.05) is 43.3 Å². The van der Waals surface area contributed by atoms with Crippen LogP contribution in [0.5, 0.6) is 0 Å². The third-order valence-electron chi connectivity index (χ3n) is 3.93. The minimum absolute atomic E-state index is 0.327. The minimum Gasteiger partial charge on any atom is -0.331 e. The van der Waals surface area contributed by atoms with Crippen LogP contribution in [0.3, 0.4) is 0 Å². The van der Waals surface area contributed by atoms with Gasteiger partial charge in [-0.25, -0.2) is 9.97 Å². The highest BCUT2D eigenvalue weighted by Gasteiger charge is 2.20. The zero-order valence-electron chi connectivity index (χ0n) is 13.4. The van der Waals surface area contributed by atoms with E-state index >= 15 is 0 Å². The van der Waals surface area contributed by atoms with E-state index in [0.29, 0.717) is 6.04 Å². The zero-order valence-corrected chi connectivity index (χ0v) is 14.2. The molecule has 3 rings (SSSR count). The minimum atomic E-state index is 0.327. The molecule has 0 aliphatic heterocycles. The van der Waals surface area contributed by atoms with Crippen molar-refractivity contribution >= 4 is 11.3 Å². The molecule has 0 bridgehead atoms. The van der Waals surface area contributed by atoms with E-state index in [2.05, 4.69) is 51.9 Å². The summed E-state index contributed by atoms with van der Waals surface area (Å²) < 4.78 is 4.19. The highest BCUT2D eigenvalue weighted by atomic mass is 32.1. The fourth-order valence-corrected chi connectivity index (χ4v) is 3.75. The Morgan fingerprint density at radius 3 is 2.50 bits per heavy atom. The van der Waals surface area contributed by atoms with Gasteiger partial charge in [0.1, 0.15) is 0 Å². The highest BCUT2D eigenvalue weighted by Crippen LogP contribution is 2.29. The third-order valence-corrected chi connectivity index (χ3v) is 5.05. The summed E-state index contributed by atoms with van der Waals surface area (Å²) in [6, 6.07) is 2.51. The van der Waals surface area contributed by atoms with E-state index in [1.807, 2.05) is 41.5 Å². The molecule has 0 aromatic carbocycles. The van der Waals surface area contributed by atoms with E-state index in [9.17, 15) is 0 Å². The molecule has 5 nitrogen and oxygen atoms in total. The number of hydrogen-bond acceptors (Lipinski definition) is 4. The van der Waals surface area contributed by atoms with Gasteiger partial charge < -0.3 is 14.0 Å². The van der Waals surface area contributed by atoms with Gasteiger partial charge in [0.05, 0.1) is 6.04 Å². The lowest BCUT2D eigenvalue weighted by atomic mass is 10.1. The van der Waals surface area contributed by atoms with E-state index in [-0.39, 0.29) is 0 Å². The first kappa shape index (κ1) is 15.0. The lowest BCUT2D eigenvalue weighted by molar-refractivity contribution is 0.273. The molecule has 3 aromatic rings. The summed E-state index contributed by atoms with van der Waals surface area (Å²) in [6.07, 6.45) is 7.63. The molecule has 0 saturated carbocycles. The maximum atomic E-state index is 4.50. The standard InChI is InChI=1S/C16H21N5S/c1-12-5-10-22-14(12)13(19(2)3)11-21-9-7-18-16(21)15-17-6-8-20(15)4/h5-10,13H,11H2,1-4H3/t13-/m1/s1. The summed E-state index contributed by atoms with van der Waals surface area (Å²) in [6.45, 7) is 3.03. The molecule has 0 aliphatic rings. The molecule has 0 fully saturated rings. The second-order valence-corrected chi connectivity index (χ2v) is 6.66. The first-order valence-electron chi connectivity index (χ1n) is 7.27. The number of rotatable bonds is 5. The summed E-state index contributed by atoms with van der Waals surface area (Å²) in [4.78, 5) is 12.6. The smallest absolute Gasteiger partial charge is 0.176 e. The predicted octanol–water partition coefficient (Wildman–Crippen LogP) is 2.96. The van der Waals surface area contributed by atoms with Gasteiger partial charge in [-0.05, 0) is 38.0 Å². The summed E-state index contributed by atoms with van der Waals surface area (Å²) in [5.74, 6) is 1.80. The molecule has 0 amide bonds. The molecule has 0 radical (unpaired) electrons. The molecule has 3 heterocycles. The first-order valence-corrected chi connectivity index (χ1v) is 8.15. The van der Waals surface area contributed by atoms with Crippen molar-refractivity contribution in [1.29, 1.82) is 0 Å². The van der Waals surface area contributed by atoms with Crippen LogP contribution in [0.15, 0.2) is 36.2 Å². The number of hydrogen-bond donors (Lipinski definition) is 0. The van der Waals surface area contributed by atoms with Crippen molar-refractivity contribution in [1.82, 2.24) is 24.0 Å². The Hall–Kier alpha value is -1.92. The lowest BCUT2D eigenvalue weighted by Crippen LogP contribution is -2.24. The first-order chi connectivity index (χ1) is 10.6. The molecule has 116 valence electrons. The third kappa shape index (κ3) is 2.71. The second kappa shape index (κ2) is 6.06. The molecule has 0 spiro atoms. The van der Waals surface area contributed by atoms with Crippen LogP contribution < -0.4 is 0 Å². The van der Waals surface area contributed by atoms with Gasteiger partial charge >= 0.3 is 0 Å². The van der Waals surface area contributed by atoms with Crippen LogP contribution in [-0.2, 0) is 13.6 Å². The second-order valence-electron chi connectivity index (χ2n) is 5.71. The number of aryl methyl sites for hydroxylation is 2. The van der Waals surface area contributed by atoms with E-state index in [4.69, 9.17) is 0 Å². The van der Waals surface area contributed by atoms with Crippen LogP contribution in [-0.4, -0.2) is 38.1 Å². The van der Waals surface area contributed by atoms with Crippen molar-refractivity contribution in [2.75, 3.05) is 14.1 Å². The lowest BCUT2D eigenvalue weighted by Gasteiger charge is -2.25. The SMILES string of the molecule is Cc1ccsc1[C@@H](Cn1ccnc1-c1nccn1C)N(C)C. The largest absolute Gasteiger partial charge is 0.331 e. The van der Waals surface area contributed by atoms with Crippen molar-refractivity contribution in [3.8, 4) is 11.6 Å². The molecular formula is C16H21N5S. The Morgan fingerprint density at radius 1 is 1.18 bits per heavy atom. The average Bonchev–Trinajstić information content (AvgIpc) is 3.17. The number of aromatic nitrogens is 4. The number of nitrogens with zero attached hydrogens (tertiary/aromatic N) is 5. The molecular weight excluding hydrogens is 294 g/mol. The van der Waals surface area contributed by atoms with Crippen LogP contribution in [0.2, 0.25) is 0 Å². The Balaban J connectivity index is 1.94. The Labute approximate surface area is 134 Å². The highest BCUT2D eigenvalue weighted by molar-refractivity contribution is 7.10. The quantitative estimate of drug-likeness (QED) is 0.726. The molecule has 0 unspecified atom stereocenters. The maximum absolute atomic E-state index is 4.50. The van der Waals surface area contributed by atoms with Gasteiger partial charge in [-0.2, -0.15) is 0 Å². The number of thiophene rings is 1. The van der Waals surface area contributed by atoms with Crippen molar-refractivity contribution < 1.29 is 0 Å². The van der Waals surface area contributed by atoms with E-state index < -0.39 is 0 Å². The maximum Gasteiger partial charge on any atom is 0.176 e. The predicted molar refractivity (Wildman–Crippen MR) is 89.9 cm³/mol. The average molecular weight is 315 g/mol. The normalized spacial score (nSPS) is 13.0. The van der Waals surface area contributed by atoms with Crippen LogP contribution in [0.1, 0.15) is 16.5 Å². The van der Waals surface area contributed by atoms with E-state index in [1.54, 1.807) is 6.20 Å². The topological polar surface area (TPSA) is 38.9 Å². The van der Waals surface area contributed by atoms with E-state index in [1.165, 1.54) is 10.4 Å². The van der Waals surface area contributed by atoms with Crippen LogP contribution in [0.25, 0.3) is 11.6 Å². The molecule has 6 heteroatoms. The van der Waals surface area contributed by atoms with Gasteiger partial charge in [-0.1, -0.05) is 0 Å². The van der Waals surface area contributed by atoms with Gasteiger partial charge in [0.25, 0.3) is 0 Å². The van der Waals surface area contributed by atoms with Crippen LogP contribution in [0.4, 0.5) is 0 Å². The Kier molecular flexibility index (Phi) is 4.13. The number of imidazole rings is 2. The Morgan fingerprint density at radius 2 is 1.91 bits per heavy atom. The molecule has 22 heavy (non-hydrogen) atoms. The molecule has 0 N–H and O–H groups in total. The molecule has 0 saturated heterocycles. The van der Waals surface area contributed by atoms with Crippen molar-refractivity contribution in [3.05, 3.63) is 46.7 Å². The molecule has 0 aliphatic carbocycles. The van der Waals surface area contributed by atoms with Crippen molar-refractivity contribution in [2.45, 2.75) is 19.5 Å².